The Hall–Kier alpha value is -2.31. The number of amides is 1. The number of hydrogen-bond donors (Lipinski definition) is 2. The topological polar surface area (TPSA) is 64.0 Å². The molecule has 0 radical (unpaired) electrons. The molecule has 0 aromatic heterocycles. The highest BCUT2D eigenvalue weighted by Gasteiger charge is 2.28. The zero-order valence-electron chi connectivity index (χ0n) is 14.3. The Morgan fingerprint density at radius 3 is 2.73 bits per heavy atom. The minimum absolute atomic E-state index is 0.0693. The van der Waals surface area contributed by atoms with Gasteiger partial charge in [-0.2, -0.15) is 0 Å². The van der Waals surface area contributed by atoms with Crippen molar-refractivity contribution in [3.63, 3.8) is 0 Å². The van der Waals surface area contributed by atoms with E-state index in [0.29, 0.717) is 16.8 Å². The maximum absolute atomic E-state index is 13.9. The molecule has 0 saturated carbocycles. The molecule has 138 valence electrons. The standard InChI is InChI=1S/C19H20ClFN2O3/c1-22-6-2-3-15(22)11-23(19(25)26)18-5-4-14(21)10-17(18)12-7-13(20)9-16(24)8-12/h4-5,7-10,15,24H,2-3,6,11H2,1H3,(H,25,26). The van der Waals surface area contributed by atoms with E-state index in [1.165, 1.54) is 35.2 Å². The molecule has 0 aliphatic carbocycles. The number of likely N-dealkylation sites (N-methyl/N-ethyl adjacent to an activating group) is 1. The molecule has 1 fully saturated rings. The van der Waals surface area contributed by atoms with Crippen molar-refractivity contribution in [1.82, 2.24) is 4.90 Å². The number of halogens is 2. The summed E-state index contributed by atoms with van der Waals surface area (Å²) in [5, 5.41) is 19.9. The van der Waals surface area contributed by atoms with Crippen LogP contribution in [-0.2, 0) is 0 Å². The summed E-state index contributed by atoms with van der Waals surface area (Å²) in [6, 6.07) is 8.43. The first-order valence-electron chi connectivity index (χ1n) is 8.35. The number of carboxylic acid groups (broad SMARTS) is 1. The van der Waals surface area contributed by atoms with Crippen molar-refractivity contribution in [3.05, 3.63) is 47.2 Å². The molecule has 5 nitrogen and oxygen atoms in total. The molecule has 2 aromatic carbocycles. The second-order valence-electron chi connectivity index (χ2n) is 6.53. The van der Waals surface area contributed by atoms with Crippen molar-refractivity contribution in [2.45, 2.75) is 18.9 Å². The van der Waals surface area contributed by atoms with Crippen molar-refractivity contribution < 1.29 is 19.4 Å². The van der Waals surface area contributed by atoms with Gasteiger partial charge >= 0.3 is 6.09 Å². The molecular weight excluding hydrogens is 359 g/mol. The number of phenolic OH excluding ortho intramolecular Hbond substituents is 1. The summed E-state index contributed by atoms with van der Waals surface area (Å²) >= 11 is 6.00. The molecule has 1 unspecified atom stereocenters. The van der Waals surface area contributed by atoms with Gasteiger partial charge in [0, 0.05) is 23.2 Å². The third kappa shape index (κ3) is 3.92. The third-order valence-electron chi connectivity index (χ3n) is 4.74. The predicted octanol–water partition coefficient (Wildman–Crippen LogP) is 4.43. The molecule has 1 aliphatic rings. The Morgan fingerprint density at radius 2 is 2.12 bits per heavy atom. The van der Waals surface area contributed by atoms with Crippen LogP contribution < -0.4 is 4.90 Å². The molecule has 1 aliphatic heterocycles. The highest BCUT2D eigenvalue weighted by molar-refractivity contribution is 6.31. The number of nitrogens with zero attached hydrogens (tertiary/aromatic N) is 2. The number of hydrogen-bond acceptors (Lipinski definition) is 3. The van der Waals surface area contributed by atoms with Crippen molar-refractivity contribution in [3.8, 4) is 16.9 Å². The van der Waals surface area contributed by atoms with E-state index in [9.17, 15) is 19.4 Å². The first kappa shape index (κ1) is 18.5. The molecule has 0 bridgehead atoms. The maximum atomic E-state index is 13.9. The SMILES string of the molecule is CN1CCCC1CN(C(=O)O)c1ccc(F)cc1-c1cc(O)cc(Cl)c1. The summed E-state index contributed by atoms with van der Waals surface area (Å²) in [6.07, 6.45) is 0.825. The van der Waals surface area contributed by atoms with Crippen molar-refractivity contribution in [2.75, 3.05) is 25.0 Å². The minimum Gasteiger partial charge on any atom is -0.508 e. The highest BCUT2D eigenvalue weighted by atomic mass is 35.5. The van der Waals surface area contributed by atoms with Gasteiger partial charge in [-0.05, 0) is 68.4 Å². The molecule has 0 spiro atoms. The van der Waals surface area contributed by atoms with Gasteiger partial charge in [0.05, 0.1) is 5.69 Å². The van der Waals surface area contributed by atoms with E-state index in [0.717, 1.165) is 19.4 Å². The zero-order valence-corrected chi connectivity index (χ0v) is 15.1. The summed E-state index contributed by atoms with van der Waals surface area (Å²) in [7, 11) is 1.97. The van der Waals surface area contributed by atoms with Crippen molar-refractivity contribution in [2.24, 2.45) is 0 Å². The van der Waals surface area contributed by atoms with Gasteiger partial charge in [0.2, 0.25) is 0 Å². The number of benzene rings is 2. The fraction of sp³-hybridized carbons (Fsp3) is 0.316. The van der Waals surface area contributed by atoms with E-state index in [-0.39, 0.29) is 23.4 Å². The summed E-state index contributed by atoms with van der Waals surface area (Å²) in [4.78, 5) is 15.3. The summed E-state index contributed by atoms with van der Waals surface area (Å²) < 4.78 is 13.9. The molecule has 7 heteroatoms. The third-order valence-corrected chi connectivity index (χ3v) is 4.96. The molecule has 2 aromatic rings. The lowest BCUT2D eigenvalue weighted by atomic mass is 10.0. The number of aromatic hydroxyl groups is 1. The molecule has 1 heterocycles. The highest BCUT2D eigenvalue weighted by Crippen LogP contribution is 2.36. The lowest BCUT2D eigenvalue weighted by molar-refractivity contribution is 0.198. The molecular formula is C19H20ClFN2O3. The Morgan fingerprint density at radius 1 is 1.35 bits per heavy atom. The van der Waals surface area contributed by atoms with Gasteiger partial charge in [-0.25, -0.2) is 9.18 Å². The van der Waals surface area contributed by atoms with Gasteiger partial charge in [0.25, 0.3) is 0 Å². The molecule has 1 amide bonds. The maximum Gasteiger partial charge on any atom is 0.411 e. The van der Waals surface area contributed by atoms with Crippen LogP contribution in [0.3, 0.4) is 0 Å². The Kier molecular flexibility index (Phi) is 5.34. The van der Waals surface area contributed by atoms with E-state index < -0.39 is 11.9 Å². The van der Waals surface area contributed by atoms with Crippen LogP contribution in [0.5, 0.6) is 5.75 Å². The normalized spacial score (nSPS) is 17.4. The Balaban J connectivity index is 2.05. The van der Waals surface area contributed by atoms with Gasteiger partial charge in [0.1, 0.15) is 11.6 Å². The first-order chi connectivity index (χ1) is 12.3. The average Bonchev–Trinajstić information content (AvgIpc) is 2.96. The van der Waals surface area contributed by atoms with Crippen LogP contribution in [0.15, 0.2) is 36.4 Å². The summed E-state index contributed by atoms with van der Waals surface area (Å²) in [5.41, 5.74) is 1.18. The fourth-order valence-corrected chi connectivity index (χ4v) is 3.63. The van der Waals surface area contributed by atoms with E-state index in [4.69, 9.17) is 11.6 Å². The fourth-order valence-electron chi connectivity index (χ4n) is 3.40. The molecule has 3 rings (SSSR count). The summed E-state index contributed by atoms with van der Waals surface area (Å²) in [5.74, 6) is -0.563. The van der Waals surface area contributed by atoms with Gasteiger partial charge < -0.3 is 15.1 Å². The summed E-state index contributed by atoms with van der Waals surface area (Å²) in [6.45, 7) is 1.22. The van der Waals surface area contributed by atoms with Gasteiger partial charge in [-0.1, -0.05) is 11.6 Å². The minimum atomic E-state index is -1.11. The van der Waals surface area contributed by atoms with Gasteiger partial charge in [-0.3, -0.25) is 4.90 Å². The van der Waals surface area contributed by atoms with Crippen LogP contribution in [-0.4, -0.2) is 47.4 Å². The second-order valence-corrected chi connectivity index (χ2v) is 6.97. The molecule has 26 heavy (non-hydrogen) atoms. The zero-order chi connectivity index (χ0) is 18.8. The number of rotatable bonds is 4. The first-order valence-corrected chi connectivity index (χ1v) is 8.73. The molecule has 2 N–H and O–H groups in total. The Labute approximate surface area is 156 Å². The number of likely N-dealkylation sites (tertiary alicyclic amines) is 1. The number of phenols is 1. The van der Waals surface area contributed by atoms with E-state index >= 15 is 0 Å². The lowest BCUT2D eigenvalue weighted by Crippen LogP contribution is -2.41. The van der Waals surface area contributed by atoms with E-state index in [1.54, 1.807) is 6.07 Å². The van der Waals surface area contributed by atoms with Crippen molar-refractivity contribution in [1.29, 1.82) is 0 Å². The van der Waals surface area contributed by atoms with Crippen LogP contribution in [0.1, 0.15) is 12.8 Å². The largest absolute Gasteiger partial charge is 0.508 e. The predicted molar refractivity (Wildman–Crippen MR) is 99.5 cm³/mol. The van der Waals surface area contributed by atoms with E-state index in [2.05, 4.69) is 4.90 Å². The molecule has 1 saturated heterocycles. The average molecular weight is 379 g/mol. The lowest BCUT2D eigenvalue weighted by Gasteiger charge is -2.28. The van der Waals surface area contributed by atoms with Crippen LogP contribution in [0.25, 0.3) is 11.1 Å². The van der Waals surface area contributed by atoms with Crippen molar-refractivity contribution >= 4 is 23.4 Å². The van der Waals surface area contributed by atoms with Crippen LogP contribution >= 0.6 is 11.6 Å². The molecule has 1 atom stereocenters. The van der Waals surface area contributed by atoms with Gasteiger partial charge in [-0.15, -0.1) is 0 Å². The van der Waals surface area contributed by atoms with Crippen LogP contribution in [0.2, 0.25) is 5.02 Å². The second kappa shape index (κ2) is 7.51. The Bertz CT molecular complexity index is 810. The monoisotopic (exact) mass is 378 g/mol. The van der Waals surface area contributed by atoms with Gasteiger partial charge in [0.15, 0.2) is 0 Å². The number of anilines is 1. The number of carbonyl (C=O) groups is 1. The van der Waals surface area contributed by atoms with Crippen LogP contribution in [0.4, 0.5) is 14.9 Å². The quantitative estimate of drug-likeness (QED) is 0.826. The van der Waals surface area contributed by atoms with Crippen LogP contribution in [0, 0.1) is 5.82 Å². The smallest absolute Gasteiger partial charge is 0.411 e. The van der Waals surface area contributed by atoms with E-state index in [1.807, 2.05) is 7.05 Å².